The van der Waals surface area contributed by atoms with Gasteiger partial charge < -0.3 is 9.47 Å². The van der Waals surface area contributed by atoms with E-state index in [4.69, 9.17) is 9.47 Å². The highest BCUT2D eigenvalue weighted by atomic mass is 32.2. The summed E-state index contributed by atoms with van der Waals surface area (Å²) in [6.07, 6.45) is 2.05. The van der Waals surface area contributed by atoms with Crippen molar-refractivity contribution in [1.82, 2.24) is 9.97 Å². The van der Waals surface area contributed by atoms with Gasteiger partial charge in [-0.15, -0.1) is 0 Å². The lowest BCUT2D eigenvalue weighted by atomic mass is 10.1. The van der Waals surface area contributed by atoms with Gasteiger partial charge in [-0.2, -0.15) is 4.98 Å². The van der Waals surface area contributed by atoms with Gasteiger partial charge in [-0.1, -0.05) is 61.9 Å². The van der Waals surface area contributed by atoms with Crippen LogP contribution in [0.15, 0.2) is 95.9 Å². The molecule has 0 bridgehead atoms. The molecule has 0 saturated heterocycles. The molecular weight excluding hydrogens is 450 g/mol. The SMILES string of the molecule is CCCCOc1ccc(Oc2cc(-c3ccccc3)nc(NS(=O)(=O)c3ccccc3)n2)cc1. The number of ether oxygens (including phenoxy) is 2. The number of nitrogens with zero attached hydrogens (tertiary/aromatic N) is 2. The van der Waals surface area contributed by atoms with Crippen LogP contribution in [0.5, 0.6) is 17.4 Å². The van der Waals surface area contributed by atoms with Gasteiger partial charge >= 0.3 is 0 Å². The van der Waals surface area contributed by atoms with Crippen molar-refractivity contribution < 1.29 is 17.9 Å². The Kier molecular flexibility index (Phi) is 7.39. The van der Waals surface area contributed by atoms with Crippen molar-refractivity contribution in [3.05, 3.63) is 91.0 Å². The van der Waals surface area contributed by atoms with Crippen molar-refractivity contribution in [2.75, 3.05) is 11.3 Å². The van der Waals surface area contributed by atoms with Crippen LogP contribution in [0.25, 0.3) is 11.3 Å². The molecule has 1 N–H and O–H groups in total. The van der Waals surface area contributed by atoms with Crippen LogP contribution < -0.4 is 14.2 Å². The zero-order valence-corrected chi connectivity index (χ0v) is 19.5. The monoisotopic (exact) mass is 475 g/mol. The third-order valence-corrected chi connectivity index (χ3v) is 6.21. The van der Waals surface area contributed by atoms with Crippen LogP contribution in [-0.2, 0) is 10.0 Å². The first kappa shape index (κ1) is 23.3. The third kappa shape index (κ3) is 6.11. The minimum atomic E-state index is -3.87. The molecule has 0 aliphatic carbocycles. The second kappa shape index (κ2) is 10.8. The first-order chi connectivity index (χ1) is 16.5. The topological polar surface area (TPSA) is 90.4 Å². The summed E-state index contributed by atoms with van der Waals surface area (Å²) in [5.74, 6) is 1.42. The molecule has 1 heterocycles. The Bertz CT molecular complexity index is 1310. The first-order valence-corrected chi connectivity index (χ1v) is 12.4. The molecule has 4 aromatic rings. The van der Waals surface area contributed by atoms with Crippen molar-refractivity contribution >= 4 is 16.0 Å². The van der Waals surface area contributed by atoms with Gasteiger partial charge in [0.15, 0.2) is 0 Å². The van der Waals surface area contributed by atoms with Gasteiger partial charge in [-0.3, -0.25) is 0 Å². The van der Waals surface area contributed by atoms with E-state index in [1.165, 1.54) is 12.1 Å². The summed E-state index contributed by atoms with van der Waals surface area (Å²) >= 11 is 0. The van der Waals surface area contributed by atoms with E-state index in [0.717, 1.165) is 24.2 Å². The molecule has 0 radical (unpaired) electrons. The summed E-state index contributed by atoms with van der Waals surface area (Å²) in [6, 6.07) is 26.3. The summed E-state index contributed by atoms with van der Waals surface area (Å²) in [7, 11) is -3.87. The van der Waals surface area contributed by atoms with E-state index in [9.17, 15) is 8.42 Å². The molecule has 7 nitrogen and oxygen atoms in total. The number of rotatable bonds is 10. The van der Waals surface area contributed by atoms with Gasteiger partial charge in [-0.05, 0) is 42.8 Å². The standard InChI is InChI=1S/C26H25N3O4S/c1-2-3-18-32-21-14-16-22(17-15-21)33-25-19-24(20-10-6-4-7-11-20)27-26(28-25)29-34(30,31)23-12-8-5-9-13-23/h4-17,19H,2-3,18H2,1H3,(H,27,28,29). The number of sulfonamides is 1. The fraction of sp³-hybridized carbons (Fsp3) is 0.154. The van der Waals surface area contributed by atoms with Crippen molar-refractivity contribution in [2.45, 2.75) is 24.7 Å². The van der Waals surface area contributed by atoms with Crippen molar-refractivity contribution in [3.63, 3.8) is 0 Å². The Balaban J connectivity index is 1.62. The lowest BCUT2D eigenvalue weighted by Crippen LogP contribution is -2.15. The molecule has 8 heteroatoms. The Morgan fingerprint density at radius 2 is 1.47 bits per heavy atom. The second-order valence-corrected chi connectivity index (χ2v) is 9.16. The van der Waals surface area contributed by atoms with Crippen molar-refractivity contribution in [3.8, 4) is 28.6 Å². The van der Waals surface area contributed by atoms with E-state index in [0.29, 0.717) is 18.1 Å². The average Bonchev–Trinajstić information content (AvgIpc) is 2.86. The summed E-state index contributed by atoms with van der Waals surface area (Å²) in [4.78, 5) is 8.82. The lowest BCUT2D eigenvalue weighted by Gasteiger charge is -2.12. The van der Waals surface area contributed by atoms with Crippen molar-refractivity contribution in [1.29, 1.82) is 0 Å². The molecule has 0 spiro atoms. The fourth-order valence-electron chi connectivity index (χ4n) is 3.12. The van der Waals surface area contributed by atoms with E-state index in [-0.39, 0.29) is 16.7 Å². The molecule has 0 saturated carbocycles. The van der Waals surface area contributed by atoms with E-state index in [1.807, 2.05) is 42.5 Å². The molecule has 0 aliphatic rings. The largest absolute Gasteiger partial charge is 0.494 e. The second-order valence-electron chi connectivity index (χ2n) is 7.48. The summed E-state index contributed by atoms with van der Waals surface area (Å²) in [6.45, 7) is 2.77. The summed E-state index contributed by atoms with van der Waals surface area (Å²) in [5.41, 5.74) is 1.32. The maximum atomic E-state index is 12.8. The number of hydrogen-bond acceptors (Lipinski definition) is 6. The number of nitrogens with one attached hydrogen (secondary N) is 1. The Hall–Kier alpha value is -3.91. The maximum absolute atomic E-state index is 12.8. The minimum Gasteiger partial charge on any atom is -0.494 e. The number of anilines is 1. The predicted octanol–water partition coefficient (Wildman–Crippen LogP) is 5.92. The molecule has 4 rings (SSSR count). The molecule has 1 aromatic heterocycles. The van der Waals surface area contributed by atoms with E-state index >= 15 is 0 Å². The van der Waals surface area contributed by atoms with Gasteiger partial charge in [0.25, 0.3) is 10.0 Å². The molecule has 34 heavy (non-hydrogen) atoms. The molecule has 3 aromatic carbocycles. The molecule has 0 atom stereocenters. The number of hydrogen-bond donors (Lipinski definition) is 1. The Labute approximate surface area is 199 Å². The molecular formula is C26H25N3O4S. The molecule has 0 aliphatic heterocycles. The van der Waals surface area contributed by atoms with E-state index < -0.39 is 10.0 Å². The smallest absolute Gasteiger partial charge is 0.264 e. The van der Waals surface area contributed by atoms with Crippen LogP contribution in [-0.4, -0.2) is 25.0 Å². The molecule has 174 valence electrons. The quantitative estimate of drug-likeness (QED) is 0.287. The van der Waals surface area contributed by atoms with Crippen molar-refractivity contribution in [2.24, 2.45) is 0 Å². The lowest BCUT2D eigenvalue weighted by molar-refractivity contribution is 0.309. The summed E-state index contributed by atoms with van der Waals surface area (Å²) < 4.78 is 39.7. The zero-order chi connectivity index (χ0) is 23.8. The summed E-state index contributed by atoms with van der Waals surface area (Å²) in [5, 5.41) is 0. The van der Waals surface area contributed by atoms with Gasteiger partial charge in [0.2, 0.25) is 11.8 Å². The average molecular weight is 476 g/mol. The fourth-order valence-corrected chi connectivity index (χ4v) is 4.08. The van der Waals surface area contributed by atoms with Crippen LogP contribution in [0.2, 0.25) is 0 Å². The van der Waals surface area contributed by atoms with Crippen LogP contribution >= 0.6 is 0 Å². The van der Waals surface area contributed by atoms with E-state index in [1.54, 1.807) is 36.4 Å². The highest BCUT2D eigenvalue weighted by Gasteiger charge is 2.17. The molecule has 0 unspecified atom stereocenters. The predicted molar refractivity (Wildman–Crippen MR) is 132 cm³/mol. The van der Waals surface area contributed by atoms with Gasteiger partial charge in [0, 0.05) is 11.6 Å². The van der Waals surface area contributed by atoms with Gasteiger partial charge in [0.1, 0.15) is 11.5 Å². The zero-order valence-electron chi connectivity index (χ0n) is 18.7. The third-order valence-electron chi connectivity index (χ3n) is 4.86. The normalized spacial score (nSPS) is 11.1. The minimum absolute atomic E-state index is 0.0836. The molecule has 0 fully saturated rings. The van der Waals surface area contributed by atoms with Gasteiger partial charge in [-0.25, -0.2) is 18.1 Å². The van der Waals surface area contributed by atoms with E-state index in [2.05, 4.69) is 21.6 Å². The maximum Gasteiger partial charge on any atom is 0.264 e. The highest BCUT2D eigenvalue weighted by molar-refractivity contribution is 7.92. The van der Waals surface area contributed by atoms with Crippen LogP contribution in [0.3, 0.4) is 0 Å². The van der Waals surface area contributed by atoms with Gasteiger partial charge in [0.05, 0.1) is 17.2 Å². The number of unbranched alkanes of at least 4 members (excludes halogenated alkanes) is 1. The number of benzene rings is 3. The first-order valence-electron chi connectivity index (χ1n) is 11.0. The Morgan fingerprint density at radius 3 is 2.15 bits per heavy atom. The van der Waals surface area contributed by atoms with Crippen LogP contribution in [0.1, 0.15) is 19.8 Å². The number of aromatic nitrogens is 2. The highest BCUT2D eigenvalue weighted by Crippen LogP contribution is 2.28. The molecule has 0 amide bonds. The van der Waals surface area contributed by atoms with Crippen LogP contribution in [0.4, 0.5) is 5.95 Å². The van der Waals surface area contributed by atoms with Crippen LogP contribution in [0, 0.1) is 0 Å². The Morgan fingerprint density at radius 1 is 0.824 bits per heavy atom.